The minimum atomic E-state index is 0.996. The van der Waals surface area contributed by atoms with E-state index in [0.29, 0.717) is 0 Å². The molecule has 0 saturated carbocycles. The van der Waals surface area contributed by atoms with Gasteiger partial charge in [-0.25, -0.2) is 0 Å². The van der Waals surface area contributed by atoms with Crippen LogP contribution in [0.5, 0.6) is 0 Å². The first-order valence-electron chi connectivity index (χ1n) is 7.38. The molecule has 0 saturated heterocycles. The van der Waals surface area contributed by atoms with Crippen LogP contribution in [0, 0.1) is 6.92 Å². The lowest BCUT2D eigenvalue weighted by molar-refractivity contribution is 1.23. The molecule has 1 heteroatoms. The molecule has 0 aliphatic heterocycles. The molecule has 3 aromatic rings. The Balaban J connectivity index is 2.15. The standard InChI is InChI=1S/C20H17N/c1-15-12-13-20-18(14-15)17-10-6-7-11-19(17)21(20)16-8-4-2-3-5-9-16/h2,4-14H,3H2,1H3. The third-order valence-corrected chi connectivity index (χ3v) is 4.05. The zero-order valence-electron chi connectivity index (χ0n) is 12.1. The molecule has 0 N–H and O–H groups in total. The smallest absolute Gasteiger partial charge is 0.0541 e. The van der Waals surface area contributed by atoms with Gasteiger partial charge in [0, 0.05) is 16.5 Å². The number of benzene rings is 2. The van der Waals surface area contributed by atoms with Crippen molar-refractivity contribution in [2.45, 2.75) is 13.3 Å². The van der Waals surface area contributed by atoms with Crippen molar-refractivity contribution in [2.75, 3.05) is 0 Å². The average Bonchev–Trinajstić information content (AvgIpc) is 2.67. The van der Waals surface area contributed by atoms with Crippen LogP contribution in [0.15, 0.2) is 72.8 Å². The normalized spacial score (nSPS) is 14.6. The van der Waals surface area contributed by atoms with Gasteiger partial charge in [0.15, 0.2) is 0 Å². The molecule has 4 rings (SSSR count). The van der Waals surface area contributed by atoms with Crippen molar-refractivity contribution in [2.24, 2.45) is 0 Å². The van der Waals surface area contributed by atoms with E-state index in [1.807, 2.05) is 0 Å². The SMILES string of the molecule is Cc1ccc2c(c1)c1ccccc1n2C1=CC=CCC=C1. The van der Waals surface area contributed by atoms with Crippen LogP contribution in [-0.4, -0.2) is 4.57 Å². The molecule has 102 valence electrons. The molecule has 1 nitrogen and oxygen atoms in total. The van der Waals surface area contributed by atoms with Gasteiger partial charge in [-0.05, 0) is 43.7 Å². The van der Waals surface area contributed by atoms with Gasteiger partial charge in [-0.15, -0.1) is 0 Å². The summed E-state index contributed by atoms with van der Waals surface area (Å²) in [7, 11) is 0. The van der Waals surface area contributed by atoms with Gasteiger partial charge in [0.1, 0.15) is 0 Å². The summed E-state index contributed by atoms with van der Waals surface area (Å²) < 4.78 is 2.36. The fraction of sp³-hybridized carbons (Fsp3) is 0.100. The predicted octanol–water partition coefficient (Wildman–Crippen LogP) is 5.46. The van der Waals surface area contributed by atoms with E-state index in [2.05, 4.69) is 84.3 Å². The summed E-state index contributed by atoms with van der Waals surface area (Å²) in [6, 6.07) is 15.3. The molecule has 21 heavy (non-hydrogen) atoms. The number of aryl methyl sites for hydroxylation is 1. The number of allylic oxidation sites excluding steroid dienone is 6. The molecule has 2 aromatic carbocycles. The average molecular weight is 271 g/mol. The largest absolute Gasteiger partial charge is 0.309 e. The molecule has 0 unspecified atom stereocenters. The van der Waals surface area contributed by atoms with Crippen LogP contribution in [0.2, 0.25) is 0 Å². The first-order chi connectivity index (χ1) is 10.3. The Labute approximate surface area is 124 Å². The van der Waals surface area contributed by atoms with Crippen LogP contribution in [0.25, 0.3) is 27.5 Å². The van der Waals surface area contributed by atoms with Gasteiger partial charge < -0.3 is 4.57 Å². The lowest BCUT2D eigenvalue weighted by Gasteiger charge is -2.08. The number of rotatable bonds is 1. The fourth-order valence-electron chi connectivity index (χ4n) is 3.08. The van der Waals surface area contributed by atoms with Crippen molar-refractivity contribution >= 4 is 27.5 Å². The molecule has 0 spiro atoms. The van der Waals surface area contributed by atoms with Crippen molar-refractivity contribution in [1.29, 1.82) is 0 Å². The van der Waals surface area contributed by atoms with E-state index in [-0.39, 0.29) is 0 Å². The second-order valence-corrected chi connectivity index (χ2v) is 5.53. The fourth-order valence-corrected chi connectivity index (χ4v) is 3.08. The third-order valence-electron chi connectivity index (χ3n) is 4.05. The molecule has 0 amide bonds. The molecule has 1 heterocycles. The van der Waals surface area contributed by atoms with Crippen molar-refractivity contribution < 1.29 is 0 Å². The van der Waals surface area contributed by atoms with Crippen molar-refractivity contribution in [3.8, 4) is 0 Å². The summed E-state index contributed by atoms with van der Waals surface area (Å²) in [4.78, 5) is 0. The van der Waals surface area contributed by atoms with Crippen molar-refractivity contribution in [3.63, 3.8) is 0 Å². The van der Waals surface area contributed by atoms with Crippen LogP contribution in [0.1, 0.15) is 12.0 Å². The summed E-state index contributed by atoms with van der Waals surface area (Å²) in [6.45, 7) is 2.15. The van der Waals surface area contributed by atoms with E-state index in [1.165, 1.54) is 33.1 Å². The Morgan fingerprint density at radius 3 is 2.71 bits per heavy atom. The lowest BCUT2D eigenvalue weighted by atomic mass is 10.1. The van der Waals surface area contributed by atoms with E-state index in [4.69, 9.17) is 0 Å². The van der Waals surface area contributed by atoms with E-state index in [1.54, 1.807) is 0 Å². The summed E-state index contributed by atoms with van der Waals surface area (Å²) >= 11 is 0. The minimum absolute atomic E-state index is 0.996. The van der Waals surface area contributed by atoms with Gasteiger partial charge >= 0.3 is 0 Å². The highest BCUT2D eigenvalue weighted by Crippen LogP contribution is 2.32. The van der Waals surface area contributed by atoms with Gasteiger partial charge in [0.2, 0.25) is 0 Å². The van der Waals surface area contributed by atoms with E-state index in [9.17, 15) is 0 Å². The summed E-state index contributed by atoms with van der Waals surface area (Å²) in [5, 5.41) is 2.65. The highest BCUT2D eigenvalue weighted by molar-refractivity contribution is 6.10. The summed E-state index contributed by atoms with van der Waals surface area (Å²) in [5.74, 6) is 0. The Morgan fingerprint density at radius 1 is 0.905 bits per heavy atom. The number of hydrogen-bond acceptors (Lipinski definition) is 0. The number of para-hydroxylation sites is 1. The Kier molecular flexibility index (Phi) is 2.78. The molecule has 1 aliphatic carbocycles. The van der Waals surface area contributed by atoms with E-state index >= 15 is 0 Å². The summed E-state index contributed by atoms with van der Waals surface area (Å²) in [6.07, 6.45) is 11.9. The molecule has 0 bridgehead atoms. The van der Waals surface area contributed by atoms with Crippen LogP contribution >= 0.6 is 0 Å². The number of hydrogen-bond donors (Lipinski definition) is 0. The molecule has 0 fully saturated rings. The van der Waals surface area contributed by atoms with E-state index in [0.717, 1.165) is 6.42 Å². The van der Waals surface area contributed by atoms with E-state index < -0.39 is 0 Å². The first kappa shape index (κ1) is 12.2. The van der Waals surface area contributed by atoms with Gasteiger partial charge in [-0.2, -0.15) is 0 Å². The highest BCUT2D eigenvalue weighted by atomic mass is 15.0. The Morgan fingerprint density at radius 2 is 1.76 bits per heavy atom. The number of nitrogens with zero attached hydrogens (tertiary/aromatic N) is 1. The molecule has 1 aromatic heterocycles. The Bertz CT molecular complexity index is 920. The zero-order valence-corrected chi connectivity index (χ0v) is 12.1. The highest BCUT2D eigenvalue weighted by Gasteiger charge is 2.12. The summed E-state index contributed by atoms with van der Waals surface area (Å²) in [5.41, 5.74) is 5.06. The second-order valence-electron chi connectivity index (χ2n) is 5.53. The quantitative estimate of drug-likeness (QED) is 0.554. The Hall–Kier alpha value is -2.54. The lowest BCUT2D eigenvalue weighted by Crippen LogP contribution is -1.93. The van der Waals surface area contributed by atoms with Crippen molar-refractivity contribution in [3.05, 3.63) is 78.4 Å². The number of aromatic nitrogens is 1. The van der Waals surface area contributed by atoms with Crippen LogP contribution < -0.4 is 0 Å². The molecule has 0 radical (unpaired) electrons. The molecular formula is C20H17N. The monoisotopic (exact) mass is 271 g/mol. The third kappa shape index (κ3) is 1.93. The van der Waals surface area contributed by atoms with Crippen LogP contribution in [0.3, 0.4) is 0 Å². The second kappa shape index (κ2) is 4.78. The predicted molar refractivity (Wildman–Crippen MR) is 91.4 cm³/mol. The zero-order chi connectivity index (χ0) is 14.2. The molecule has 0 atom stereocenters. The minimum Gasteiger partial charge on any atom is -0.309 e. The van der Waals surface area contributed by atoms with Gasteiger partial charge in [-0.3, -0.25) is 0 Å². The number of fused-ring (bicyclic) bond motifs is 3. The maximum atomic E-state index is 2.36. The van der Waals surface area contributed by atoms with Gasteiger partial charge in [-0.1, -0.05) is 48.1 Å². The molecular weight excluding hydrogens is 254 g/mol. The maximum Gasteiger partial charge on any atom is 0.0541 e. The van der Waals surface area contributed by atoms with Crippen LogP contribution in [0.4, 0.5) is 0 Å². The van der Waals surface area contributed by atoms with Crippen LogP contribution in [-0.2, 0) is 0 Å². The first-order valence-corrected chi connectivity index (χ1v) is 7.38. The topological polar surface area (TPSA) is 4.93 Å². The molecule has 1 aliphatic rings. The van der Waals surface area contributed by atoms with Gasteiger partial charge in [0.25, 0.3) is 0 Å². The maximum absolute atomic E-state index is 2.36. The van der Waals surface area contributed by atoms with Crippen molar-refractivity contribution in [1.82, 2.24) is 4.57 Å². The van der Waals surface area contributed by atoms with Gasteiger partial charge in [0.05, 0.1) is 11.0 Å².